The molecule has 0 atom stereocenters. The van der Waals surface area contributed by atoms with Crippen molar-refractivity contribution < 1.29 is 4.79 Å². The van der Waals surface area contributed by atoms with Gasteiger partial charge in [0, 0.05) is 22.9 Å². The fourth-order valence-electron chi connectivity index (χ4n) is 3.58. The molecule has 2 aliphatic rings. The van der Waals surface area contributed by atoms with Gasteiger partial charge in [-0.2, -0.15) is 5.10 Å². The molecule has 2 fully saturated rings. The van der Waals surface area contributed by atoms with Gasteiger partial charge < -0.3 is 5.32 Å². The molecule has 4 rings (SSSR count). The zero-order valence-electron chi connectivity index (χ0n) is 14.4. The van der Waals surface area contributed by atoms with E-state index in [1.54, 1.807) is 10.7 Å². The van der Waals surface area contributed by atoms with E-state index in [9.17, 15) is 9.59 Å². The molecular formula is C19H23N3O2S. The number of carbonyl (C=O) groups excluding carboxylic acids is 1. The molecule has 0 aliphatic heterocycles. The van der Waals surface area contributed by atoms with Gasteiger partial charge in [0.25, 0.3) is 11.5 Å². The Balaban J connectivity index is 1.37. The van der Waals surface area contributed by atoms with Crippen LogP contribution in [-0.2, 0) is 0 Å². The lowest BCUT2D eigenvalue weighted by Gasteiger charge is -2.29. The minimum absolute atomic E-state index is 0.00838. The summed E-state index contributed by atoms with van der Waals surface area (Å²) in [7, 11) is 0. The summed E-state index contributed by atoms with van der Waals surface area (Å²) in [5, 5.41) is 7.75. The van der Waals surface area contributed by atoms with Gasteiger partial charge in [-0.05, 0) is 63.6 Å². The molecule has 1 amide bonds. The van der Waals surface area contributed by atoms with Gasteiger partial charge in [0.2, 0.25) is 0 Å². The number of aryl methyl sites for hydroxylation is 1. The first-order valence-electron chi connectivity index (χ1n) is 9.07. The maximum absolute atomic E-state index is 12.3. The molecule has 0 spiro atoms. The van der Waals surface area contributed by atoms with E-state index in [0.29, 0.717) is 5.92 Å². The molecule has 2 saturated carbocycles. The third-order valence-electron chi connectivity index (χ3n) is 5.18. The second-order valence-corrected chi connectivity index (χ2v) is 8.49. The van der Waals surface area contributed by atoms with E-state index < -0.39 is 0 Å². The highest BCUT2D eigenvalue weighted by atomic mass is 32.1. The van der Waals surface area contributed by atoms with Gasteiger partial charge in [0.1, 0.15) is 0 Å². The SMILES string of the molecule is Cc1ccc(C(=O)NC2CCC(n3nc(C4CC4)ccc3=O)CC2)s1. The Morgan fingerprint density at radius 1 is 1.12 bits per heavy atom. The van der Waals surface area contributed by atoms with Crippen molar-refractivity contribution in [3.8, 4) is 0 Å². The van der Waals surface area contributed by atoms with E-state index >= 15 is 0 Å². The number of rotatable bonds is 4. The van der Waals surface area contributed by atoms with E-state index in [1.807, 2.05) is 25.1 Å². The maximum Gasteiger partial charge on any atom is 0.267 e. The van der Waals surface area contributed by atoms with Gasteiger partial charge in [-0.3, -0.25) is 9.59 Å². The van der Waals surface area contributed by atoms with Gasteiger partial charge in [0.15, 0.2) is 0 Å². The van der Waals surface area contributed by atoms with E-state index in [1.165, 1.54) is 24.2 Å². The van der Waals surface area contributed by atoms with Crippen molar-refractivity contribution in [1.82, 2.24) is 15.1 Å². The van der Waals surface area contributed by atoms with Gasteiger partial charge in [-0.1, -0.05) is 0 Å². The smallest absolute Gasteiger partial charge is 0.267 e. The van der Waals surface area contributed by atoms with Crippen molar-refractivity contribution >= 4 is 17.2 Å². The molecule has 25 heavy (non-hydrogen) atoms. The first-order chi connectivity index (χ1) is 12.1. The molecule has 0 radical (unpaired) electrons. The van der Waals surface area contributed by atoms with E-state index in [-0.39, 0.29) is 23.6 Å². The van der Waals surface area contributed by atoms with Crippen LogP contribution in [0.5, 0.6) is 0 Å². The molecule has 0 unspecified atom stereocenters. The number of aromatic nitrogens is 2. The summed E-state index contributed by atoms with van der Waals surface area (Å²) in [6, 6.07) is 7.74. The summed E-state index contributed by atoms with van der Waals surface area (Å²) in [6.45, 7) is 2.01. The van der Waals surface area contributed by atoms with Crippen LogP contribution in [0, 0.1) is 6.92 Å². The normalized spacial score (nSPS) is 23.4. The second kappa shape index (κ2) is 6.75. The molecule has 1 N–H and O–H groups in total. The minimum Gasteiger partial charge on any atom is -0.349 e. The number of hydrogen-bond donors (Lipinski definition) is 1. The monoisotopic (exact) mass is 357 g/mol. The van der Waals surface area contributed by atoms with Crippen LogP contribution in [0.2, 0.25) is 0 Å². The Morgan fingerprint density at radius 2 is 1.88 bits per heavy atom. The predicted molar refractivity (Wildman–Crippen MR) is 98.3 cm³/mol. The van der Waals surface area contributed by atoms with Gasteiger partial charge >= 0.3 is 0 Å². The maximum atomic E-state index is 12.3. The van der Waals surface area contributed by atoms with Crippen LogP contribution >= 0.6 is 11.3 Å². The van der Waals surface area contributed by atoms with Gasteiger partial charge in [0.05, 0.1) is 16.6 Å². The topological polar surface area (TPSA) is 64.0 Å². The highest BCUT2D eigenvalue weighted by molar-refractivity contribution is 7.13. The van der Waals surface area contributed by atoms with Crippen LogP contribution in [0.3, 0.4) is 0 Å². The van der Waals surface area contributed by atoms with E-state index in [0.717, 1.165) is 41.1 Å². The van der Waals surface area contributed by atoms with Crippen LogP contribution < -0.4 is 10.9 Å². The largest absolute Gasteiger partial charge is 0.349 e. The highest BCUT2D eigenvalue weighted by Gasteiger charge is 2.28. The van der Waals surface area contributed by atoms with Crippen LogP contribution in [0.15, 0.2) is 29.1 Å². The molecule has 2 aliphatic carbocycles. The Morgan fingerprint density at radius 3 is 2.52 bits per heavy atom. The number of hydrogen-bond acceptors (Lipinski definition) is 4. The zero-order valence-corrected chi connectivity index (χ0v) is 15.2. The summed E-state index contributed by atoms with van der Waals surface area (Å²) in [5.74, 6) is 0.573. The van der Waals surface area contributed by atoms with Crippen LogP contribution in [0.25, 0.3) is 0 Å². The summed E-state index contributed by atoms with van der Waals surface area (Å²) >= 11 is 1.53. The van der Waals surface area contributed by atoms with Crippen LogP contribution in [-0.4, -0.2) is 21.7 Å². The molecule has 2 aromatic rings. The summed E-state index contributed by atoms with van der Waals surface area (Å²) in [5.41, 5.74) is 1.05. The van der Waals surface area contributed by atoms with Crippen LogP contribution in [0.4, 0.5) is 0 Å². The van der Waals surface area contributed by atoms with Gasteiger partial charge in [-0.25, -0.2) is 4.68 Å². The zero-order chi connectivity index (χ0) is 17.4. The Kier molecular flexibility index (Phi) is 4.46. The molecule has 5 nitrogen and oxygen atoms in total. The van der Waals surface area contributed by atoms with Crippen LogP contribution in [0.1, 0.15) is 70.7 Å². The summed E-state index contributed by atoms with van der Waals surface area (Å²) < 4.78 is 1.69. The number of carbonyl (C=O) groups is 1. The first-order valence-corrected chi connectivity index (χ1v) is 9.89. The lowest BCUT2D eigenvalue weighted by Crippen LogP contribution is -2.39. The number of nitrogens with one attached hydrogen (secondary N) is 1. The summed E-state index contributed by atoms with van der Waals surface area (Å²) in [4.78, 5) is 26.4. The Bertz CT molecular complexity index is 829. The van der Waals surface area contributed by atoms with Gasteiger partial charge in [-0.15, -0.1) is 11.3 Å². The first kappa shape index (κ1) is 16.5. The standard InChI is InChI=1S/C19H23N3O2S/c1-12-2-10-17(25-12)19(24)20-14-5-7-15(8-6-14)22-18(23)11-9-16(21-22)13-3-4-13/h2,9-11,13-15H,3-8H2,1H3,(H,20,24). The predicted octanol–water partition coefficient (Wildman–Crippen LogP) is 3.40. The molecule has 0 saturated heterocycles. The molecule has 0 aromatic carbocycles. The fraction of sp³-hybridized carbons (Fsp3) is 0.526. The Labute approximate surface area is 151 Å². The van der Waals surface area contributed by atoms with Crippen molar-refractivity contribution in [1.29, 1.82) is 0 Å². The van der Waals surface area contributed by atoms with Crippen molar-refractivity contribution in [3.05, 3.63) is 50.1 Å². The molecular weight excluding hydrogens is 334 g/mol. The van der Waals surface area contributed by atoms with E-state index in [4.69, 9.17) is 0 Å². The second-order valence-electron chi connectivity index (χ2n) is 7.20. The van der Waals surface area contributed by atoms with Crippen molar-refractivity contribution in [2.24, 2.45) is 0 Å². The number of nitrogens with zero attached hydrogens (tertiary/aromatic N) is 2. The minimum atomic E-state index is -0.00838. The fourth-order valence-corrected chi connectivity index (χ4v) is 4.35. The average molecular weight is 357 g/mol. The number of amides is 1. The Hall–Kier alpha value is -1.95. The lowest BCUT2D eigenvalue weighted by molar-refractivity contribution is 0.0925. The molecule has 0 bridgehead atoms. The molecule has 6 heteroatoms. The van der Waals surface area contributed by atoms with E-state index in [2.05, 4.69) is 10.4 Å². The lowest BCUT2D eigenvalue weighted by atomic mass is 9.91. The number of thiophene rings is 1. The van der Waals surface area contributed by atoms with Crippen molar-refractivity contribution in [2.75, 3.05) is 0 Å². The third kappa shape index (κ3) is 3.68. The molecule has 2 heterocycles. The average Bonchev–Trinajstić information content (AvgIpc) is 3.37. The summed E-state index contributed by atoms with van der Waals surface area (Å²) in [6.07, 6.45) is 5.92. The third-order valence-corrected chi connectivity index (χ3v) is 6.18. The van der Waals surface area contributed by atoms with Crippen molar-refractivity contribution in [3.63, 3.8) is 0 Å². The molecule has 132 valence electrons. The quantitative estimate of drug-likeness (QED) is 0.912. The highest BCUT2D eigenvalue weighted by Crippen LogP contribution is 2.38. The molecule has 2 aromatic heterocycles. The van der Waals surface area contributed by atoms with Crippen molar-refractivity contribution in [2.45, 2.75) is 63.5 Å².